The van der Waals surface area contributed by atoms with Crippen molar-refractivity contribution in [1.82, 2.24) is 19.5 Å². The molecule has 13 rings (SSSR count). The summed E-state index contributed by atoms with van der Waals surface area (Å²) in [5, 5.41) is 9.07. The molecule has 10 aromatic carbocycles. The molecule has 298 valence electrons. The molecule has 0 aliphatic carbocycles. The molecule has 0 unspecified atom stereocenters. The van der Waals surface area contributed by atoms with Crippen LogP contribution in [0, 0.1) is 0 Å². The van der Waals surface area contributed by atoms with Gasteiger partial charge in [-0.25, -0.2) is 15.0 Å². The summed E-state index contributed by atoms with van der Waals surface area (Å²) in [5.41, 5.74) is 12.0. The van der Waals surface area contributed by atoms with Gasteiger partial charge in [-0.3, -0.25) is 0 Å². The van der Waals surface area contributed by atoms with Crippen LogP contribution in [0.4, 0.5) is 0 Å². The third-order valence-corrected chi connectivity index (χ3v) is 12.6. The van der Waals surface area contributed by atoms with E-state index in [1.807, 2.05) is 42.5 Å². The molecule has 0 saturated carbocycles. The van der Waals surface area contributed by atoms with Gasteiger partial charge in [-0.2, -0.15) is 0 Å². The van der Waals surface area contributed by atoms with E-state index in [1.54, 1.807) is 0 Å². The van der Waals surface area contributed by atoms with Gasteiger partial charge in [0, 0.05) is 43.9 Å². The molecule has 3 aromatic heterocycles. The van der Waals surface area contributed by atoms with Crippen LogP contribution in [0.15, 0.2) is 223 Å². The number of nitrogens with zero attached hydrogens (tertiary/aromatic N) is 4. The molecule has 0 atom stereocenters. The van der Waals surface area contributed by atoms with Crippen LogP contribution in [0.2, 0.25) is 0 Å². The fourth-order valence-electron chi connectivity index (χ4n) is 9.58. The van der Waals surface area contributed by atoms with Crippen molar-refractivity contribution in [3.8, 4) is 62.1 Å². The van der Waals surface area contributed by atoms with Crippen LogP contribution in [-0.4, -0.2) is 19.5 Å². The van der Waals surface area contributed by atoms with E-state index in [-0.39, 0.29) is 0 Å². The lowest BCUT2D eigenvalue weighted by atomic mass is 9.95. The standard InChI is InChI=1S/C59H36N4O/c1-4-16-37(17-5-1)42-30-43(38-18-6-2-7-19-38)32-44(31-42)58-60-57(39-20-8-3-9-21-39)61-59(62-58)51-36-55-56(48-25-13-15-27-54(48)64-55)50-35-45(28-29-46(50)51)63-52-26-14-12-24-47(52)49-33-40-22-10-11-23-41(40)34-53(49)63/h1-36H. The Bertz CT molecular complexity index is 3890. The maximum atomic E-state index is 6.72. The average molecular weight is 817 g/mol. The molecule has 0 aliphatic rings. The predicted molar refractivity (Wildman–Crippen MR) is 264 cm³/mol. The van der Waals surface area contributed by atoms with Crippen molar-refractivity contribution in [2.24, 2.45) is 0 Å². The largest absolute Gasteiger partial charge is 0.456 e. The highest BCUT2D eigenvalue weighted by atomic mass is 16.3. The first-order valence-corrected chi connectivity index (χ1v) is 21.6. The number of para-hydroxylation sites is 2. The molecule has 5 heteroatoms. The SMILES string of the molecule is c1ccc(-c2cc(-c3ccccc3)cc(-c3nc(-c4ccccc4)nc(-c4cc5oc6ccccc6c5c5cc(-n6c7ccccc7c7cc8ccccc8cc76)ccc45)n3)c2)cc1. The molecule has 0 spiro atoms. The highest BCUT2D eigenvalue weighted by Gasteiger charge is 2.22. The van der Waals surface area contributed by atoms with E-state index in [0.717, 1.165) is 88.4 Å². The van der Waals surface area contributed by atoms with Crippen molar-refractivity contribution in [2.75, 3.05) is 0 Å². The zero-order valence-electron chi connectivity index (χ0n) is 34.5. The van der Waals surface area contributed by atoms with Gasteiger partial charge in [0.2, 0.25) is 0 Å². The molecule has 13 aromatic rings. The second kappa shape index (κ2) is 14.5. The Morgan fingerprint density at radius 2 is 0.875 bits per heavy atom. The fourth-order valence-corrected chi connectivity index (χ4v) is 9.58. The van der Waals surface area contributed by atoms with Crippen LogP contribution in [0.3, 0.4) is 0 Å². The molecule has 0 aliphatic heterocycles. The van der Waals surface area contributed by atoms with E-state index in [2.05, 4.69) is 180 Å². The zero-order valence-corrected chi connectivity index (χ0v) is 34.5. The normalized spacial score (nSPS) is 11.8. The van der Waals surface area contributed by atoms with Crippen LogP contribution in [0.1, 0.15) is 0 Å². The van der Waals surface area contributed by atoms with Gasteiger partial charge >= 0.3 is 0 Å². The number of fused-ring (bicyclic) bond motifs is 9. The van der Waals surface area contributed by atoms with E-state index in [9.17, 15) is 0 Å². The van der Waals surface area contributed by atoms with Crippen molar-refractivity contribution < 1.29 is 4.42 Å². The smallest absolute Gasteiger partial charge is 0.164 e. The molecule has 64 heavy (non-hydrogen) atoms. The minimum Gasteiger partial charge on any atom is -0.456 e. The summed E-state index contributed by atoms with van der Waals surface area (Å²) in [6.45, 7) is 0. The third-order valence-electron chi connectivity index (χ3n) is 12.6. The van der Waals surface area contributed by atoms with Crippen LogP contribution in [0.5, 0.6) is 0 Å². The Balaban J connectivity index is 1.08. The Hall–Kier alpha value is -8.67. The summed E-state index contributed by atoms with van der Waals surface area (Å²) in [5.74, 6) is 1.75. The summed E-state index contributed by atoms with van der Waals surface area (Å²) >= 11 is 0. The van der Waals surface area contributed by atoms with Gasteiger partial charge in [-0.1, -0.05) is 158 Å². The summed E-state index contributed by atoms with van der Waals surface area (Å²) in [7, 11) is 0. The number of aromatic nitrogens is 4. The Labute approximate surface area is 368 Å². The highest BCUT2D eigenvalue weighted by Crippen LogP contribution is 2.43. The molecular formula is C59H36N4O. The van der Waals surface area contributed by atoms with Gasteiger partial charge in [0.05, 0.1) is 11.0 Å². The molecular weight excluding hydrogens is 781 g/mol. The van der Waals surface area contributed by atoms with Gasteiger partial charge in [-0.05, 0) is 104 Å². The maximum Gasteiger partial charge on any atom is 0.164 e. The second-order valence-electron chi connectivity index (χ2n) is 16.4. The van der Waals surface area contributed by atoms with E-state index in [1.165, 1.54) is 21.5 Å². The average Bonchev–Trinajstić information content (AvgIpc) is 3.91. The van der Waals surface area contributed by atoms with Gasteiger partial charge in [-0.15, -0.1) is 0 Å². The van der Waals surface area contributed by atoms with Gasteiger partial charge < -0.3 is 8.98 Å². The quantitative estimate of drug-likeness (QED) is 0.168. The molecule has 0 saturated heterocycles. The van der Waals surface area contributed by atoms with Crippen molar-refractivity contribution in [2.45, 2.75) is 0 Å². The topological polar surface area (TPSA) is 56.7 Å². The third kappa shape index (κ3) is 5.90. The predicted octanol–water partition coefficient (Wildman–Crippen LogP) is 15.5. The minimum absolute atomic E-state index is 0.568. The van der Waals surface area contributed by atoms with E-state index in [0.29, 0.717) is 17.5 Å². The lowest BCUT2D eigenvalue weighted by molar-refractivity contribution is 0.669. The first kappa shape index (κ1) is 36.0. The van der Waals surface area contributed by atoms with Gasteiger partial charge in [0.1, 0.15) is 11.2 Å². The van der Waals surface area contributed by atoms with Crippen LogP contribution in [0.25, 0.3) is 127 Å². The molecule has 0 N–H and O–H groups in total. The number of furan rings is 1. The first-order chi connectivity index (χ1) is 31.7. The molecule has 0 radical (unpaired) electrons. The van der Waals surface area contributed by atoms with E-state index in [4.69, 9.17) is 19.4 Å². The van der Waals surface area contributed by atoms with Crippen LogP contribution >= 0.6 is 0 Å². The number of benzene rings is 10. The summed E-state index contributed by atoms with van der Waals surface area (Å²) < 4.78 is 9.12. The number of rotatable bonds is 6. The van der Waals surface area contributed by atoms with Crippen molar-refractivity contribution in [1.29, 1.82) is 0 Å². The minimum atomic E-state index is 0.568. The second-order valence-corrected chi connectivity index (χ2v) is 16.4. The maximum absolute atomic E-state index is 6.72. The highest BCUT2D eigenvalue weighted by molar-refractivity contribution is 6.22. The lowest BCUT2D eigenvalue weighted by Gasteiger charge is -2.14. The molecule has 0 amide bonds. The van der Waals surface area contributed by atoms with Crippen molar-refractivity contribution >= 4 is 65.3 Å². The lowest BCUT2D eigenvalue weighted by Crippen LogP contribution is -2.01. The first-order valence-electron chi connectivity index (χ1n) is 21.6. The Kier molecular flexibility index (Phi) is 8.15. The van der Waals surface area contributed by atoms with E-state index < -0.39 is 0 Å². The Morgan fingerprint density at radius 1 is 0.312 bits per heavy atom. The fraction of sp³-hybridized carbons (Fsp3) is 0. The molecule has 0 fully saturated rings. The van der Waals surface area contributed by atoms with Crippen LogP contribution in [-0.2, 0) is 0 Å². The molecule has 0 bridgehead atoms. The molecule has 3 heterocycles. The van der Waals surface area contributed by atoms with Crippen molar-refractivity contribution in [3.05, 3.63) is 218 Å². The number of hydrogen-bond donors (Lipinski definition) is 0. The monoisotopic (exact) mass is 816 g/mol. The van der Waals surface area contributed by atoms with Gasteiger partial charge in [0.25, 0.3) is 0 Å². The van der Waals surface area contributed by atoms with Crippen molar-refractivity contribution in [3.63, 3.8) is 0 Å². The van der Waals surface area contributed by atoms with Gasteiger partial charge in [0.15, 0.2) is 17.5 Å². The summed E-state index contributed by atoms with van der Waals surface area (Å²) in [4.78, 5) is 15.9. The number of hydrogen-bond acceptors (Lipinski definition) is 4. The zero-order chi connectivity index (χ0) is 42.1. The van der Waals surface area contributed by atoms with Crippen LogP contribution < -0.4 is 0 Å². The van der Waals surface area contributed by atoms with E-state index >= 15 is 0 Å². The summed E-state index contributed by atoms with van der Waals surface area (Å²) in [6.07, 6.45) is 0. The Morgan fingerprint density at radius 3 is 1.59 bits per heavy atom. The summed E-state index contributed by atoms with van der Waals surface area (Å²) in [6, 6.07) is 76.9. The molecule has 5 nitrogen and oxygen atoms in total.